The van der Waals surface area contributed by atoms with Gasteiger partial charge in [0.15, 0.2) is 0 Å². The fourth-order valence-corrected chi connectivity index (χ4v) is 3.11. The van der Waals surface area contributed by atoms with Gasteiger partial charge in [0.05, 0.1) is 6.04 Å². The molecule has 20 heavy (non-hydrogen) atoms. The first kappa shape index (κ1) is 13.4. The molecule has 1 aromatic heterocycles. The maximum Gasteiger partial charge on any atom is 0.129 e. The predicted molar refractivity (Wildman–Crippen MR) is 78.6 cm³/mol. The van der Waals surface area contributed by atoms with Crippen LogP contribution in [0.15, 0.2) is 46.9 Å². The van der Waals surface area contributed by atoms with E-state index in [1.54, 1.807) is 7.11 Å². The van der Waals surface area contributed by atoms with Gasteiger partial charge >= 0.3 is 0 Å². The number of hydrogen-bond donors (Lipinski definition) is 1. The number of furan rings is 1. The van der Waals surface area contributed by atoms with Crippen molar-refractivity contribution >= 4 is 0 Å². The van der Waals surface area contributed by atoms with E-state index in [9.17, 15) is 0 Å². The zero-order valence-corrected chi connectivity index (χ0v) is 12.1. The summed E-state index contributed by atoms with van der Waals surface area (Å²) in [5.74, 6) is 1.88. The molecule has 0 radical (unpaired) electrons. The van der Waals surface area contributed by atoms with Crippen molar-refractivity contribution in [1.29, 1.82) is 0 Å². The molecule has 0 amide bonds. The molecule has 1 N–H and O–H groups in total. The molecule has 3 heteroatoms. The van der Waals surface area contributed by atoms with Gasteiger partial charge in [0.1, 0.15) is 18.1 Å². The quantitative estimate of drug-likeness (QED) is 0.874. The molecule has 1 unspecified atom stereocenters. The average molecular weight is 271 g/mol. The van der Waals surface area contributed by atoms with Crippen molar-refractivity contribution in [1.82, 2.24) is 5.32 Å². The van der Waals surface area contributed by atoms with E-state index in [4.69, 9.17) is 9.15 Å². The van der Waals surface area contributed by atoms with Crippen molar-refractivity contribution in [2.75, 3.05) is 14.2 Å². The van der Waals surface area contributed by atoms with Crippen molar-refractivity contribution in [3.05, 3.63) is 59.5 Å². The first-order valence-corrected chi connectivity index (χ1v) is 7.10. The van der Waals surface area contributed by atoms with Gasteiger partial charge in [-0.3, -0.25) is 0 Å². The van der Waals surface area contributed by atoms with Crippen molar-refractivity contribution in [3.63, 3.8) is 0 Å². The van der Waals surface area contributed by atoms with Gasteiger partial charge in [-0.1, -0.05) is 30.3 Å². The smallest absolute Gasteiger partial charge is 0.129 e. The lowest BCUT2D eigenvalue weighted by Crippen LogP contribution is -2.29. The molecule has 0 saturated heterocycles. The molecule has 1 aliphatic carbocycles. The average Bonchev–Trinajstić information content (AvgIpc) is 3.16. The van der Waals surface area contributed by atoms with Gasteiger partial charge in [0.2, 0.25) is 0 Å². The molecule has 3 rings (SSSR count). The highest BCUT2D eigenvalue weighted by molar-refractivity contribution is 5.36. The molecule has 0 bridgehead atoms. The lowest BCUT2D eigenvalue weighted by Gasteiger charge is -2.25. The van der Waals surface area contributed by atoms with Crippen LogP contribution in [-0.4, -0.2) is 14.2 Å². The van der Waals surface area contributed by atoms with Gasteiger partial charge in [-0.05, 0) is 37.6 Å². The summed E-state index contributed by atoms with van der Waals surface area (Å²) >= 11 is 0. The minimum atomic E-state index is 0.179. The van der Waals surface area contributed by atoms with Crippen LogP contribution in [0.25, 0.3) is 0 Å². The zero-order valence-electron chi connectivity index (χ0n) is 12.1. The molecule has 3 nitrogen and oxygen atoms in total. The van der Waals surface area contributed by atoms with Gasteiger partial charge in [-0.25, -0.2) is 0 Å². The number of benzene rings is 1. The summed E-state index contributed by atoms with van der Waals surface area (Å²) in [4.78, 5) is 0. The van der Waals surface area contributed by atoms with Crippen LogP contribution in [0.2, 0.25) is 0 Å². The summed E-state index contributed by atoms with van der Waals surface area (Å²) in [5, 5.41) is 3.44. The zero-order chi connectivity index (χ0) is 14.0. The monoisotopic (exact) mass is 271 g/mol. The topological polar surface area (TPSA) is 34.4 Å². The Kier molecular flexibility index (Phi) is 3.64. The van der Waals surface area contributed by atoms with Crippen LogP contribution in [0.3, 0.4) is 0 Å². The normalized spacial score (nSPS) is 17.9. The Balaban J connectivity index is 1.89. The van der Waals surface area contributed by atoms with Gasteiger partial charge in [-0.15, -0.1) is 0 Å². The van der Waals surface area contributed by atoms with E-state index in [0.29, 0.717) is 6.61 Å². The number of rotatable bonds is 6. The van der Waals surface area contributed by atoms with Crippen LogP contribution in [-0.2, 0) is 16.8 Å². The Morgan fingerprint density at radius 3 is 2.55 bits per heavy atom. The Labute approximate surface area is 119 Å². The molecule has 106 valence electrons. The third-order valence-electron chi connectivity index (χ3n) is 4.23. The molecule has 1 saturated carbocycles. The maximum atomic E-state index is 5.94. The largest absolute Gasteiger partial charge is 0.462 e. The second-order valence-corrected chi connectivity index (χ2v) is 5.48. The van der Waals surface area contributed by atoms with Crippen LogP contribution < -0.4 is 5.32 Å². The first-order chi connectivity index (χ1) is 9.80. The Morgan fingerprint density at radius 1 is 1.20 bits per heavy atom. The lowest BCUT2D eigenvalue weighted by atomic mass is 9.86. The SMILES string of the molecule is CNC(c1ccc(COC)o1)C1(c2ccccc2)CC1. The van der Waals surface area contributed by atoms with E-state index in [1.165, 1.54) is 18.4 Å². The molecule has 1 heterocycles. The van der Waals surface area contributed by atoms with Gasteiger partial charge < -0.3 is 14.5 Å². The molecule has 1 atom stereocenters. The Bertz CT molecular complexity index is 557. The Hall–Kier alpha value is -1.58. The standard InChI is InChI=1S/C17H21NO2/c1-18-16(15-9-8-14(20-15)12-19-2)17(10-11-17)13-6-4-3-5-7-13/h3-9,16,18H,10-12H2,1-2H3. The fraction of sp³-hybridized carbons (Fsp3) is 0.412. The van der Waals surface area contributed by atoms with E-state index < -0.39 is 0 Å². The third kappa shape index (κ3) is 2.28. The fourth-order valence-electron chi connectivity index (χ4n) is 3.11. The highest BCUT2D eigenvalue weighted by atomic mass is 16.5. The number of methoxy groups -OCH3 is 1. The molecule has 1 aliphatic rings. The summed E-state index contributed by atoms with van der Waals surface area (Å²) in [6.45, 7) is 0.523. The summed E-state index contributed by atoms with van der Waals surface area (Å²) in [7, 11) is 3.69. The number of likely N-dealkylation sites (N-methyl/N-ethyl adjacent to an activating group) is 1. The van der Waals surface area contributed by atoms with Crippen LogP contribution in [0.4, 0.5) is 0 Å². The summed E-state index contributed by atoms with van der Waals surface area (Å²) in [5.41, 5.74) is 1.57. The number of hydrogen-bond acceptors (Lipinski definition) is 3. The second-order valence-electron chi connectivity index (χ2n) is 5.48. The highest BCUT2D eigenvalue weighted by Crippen LogP contribution is 2.56. The van der Waals surface area contributed by atoms with Gasteiger partial charge in [0.25, 0.3) is 0 Å². The second kappa shape index (κ2) is 5.43. The van der Waals surface area contributed by atoms with E-state index in [-0.39, 0.29) is 11.5 Å². The lowest BCUT2D eigenvalue weighted by molar-refractivity contribution is 0.160. The maximum absolute atomic E-state index is 5.94. The Morgan fingerprint density at radius 2 is 1.95 bits per heavy atom. The van der Waals surface area contributed by atoms with Crippen LogP contribution in [0, 0.1) is 0 Å². The van der Waals surface area contributed by atoms with E-state index >= 15 is 0 Å². The number of ether oxygens (including phenoxy) is 1. The molecule has 0 aliphatic heterocycles. The van der Waals surface area contributed by atoms with Crippen LogP contribution >= 0.6 is 0 Å². The van der Waals surface area contributed by atoms with Crippen molar-refractivity contribution in [2.45, 2.75) is 30.9 Å². The first-order valence-electron chi connectivity index (χ1n) is 7.10. The molecule has 2 aromatic rings. The minimum Gasteiger partial charge on any atom is -0.462 e. The van der Waals surface area contributed by atoms with Crippen molar-refractivity contribution in [2.24, 2.45) is 0 Å². The molecule has 0 spiro atoms. The van der Waals surface area contributed by atoms with Crippen LogP contribution in [0.5, 0.6) is 0 Å². The summed E-state index contributed by atoms with van der Waals surface area (Å²) in [6.07, 6.45) is 2.39. The summed E-state index contributed by atoms with van der Waals surface area (Å²) in [6, 6.07) is 15.0. The molecular formula is C17H21NO2. The highest BCUT2D eigenvalue weighted by Gasteiger charge is 2.51. The number of nitrogens with one attached hydrogen (secondary N) is 1. The molecular weight excluding hydrogens is 250 g/mol. The third-order valence-corrected chi connectivity index (χ3v) is 4.23. The van der Waals surface area contributed by atoms with Crippen molar-refractivity contribution in [3.8, 4) is 0 Å². The van der Waals surface area contributed by atoms with E-state index in [1.807, 2.05) is 13.1 Å². The van der Waals surface area contributed by atoms with Gasteiger partial charge in [-0.2, -0.15) is 0 Å². The minimum absolute atomic E-state index is 0.179. The van der Waals surface area contributed by atoms with E-state index in [0.717, 1.165) is 11.5 Å². The molecule has 1 aromatic carbocycles. The predicted octanol–water partition coefficient (Wildman–Crippen LogP) is 3.42. The molecule has 1 fully saturated rings. The summed E-state index contributed by atoms with van der Waals surface area (Å²) < 4.78 is 11.1. The van der Waals surface area contributed by atoms with Crippen molar-refractivity contribution < 1.29 is 9.15 Å². The van der Waals surface area contributed by atoms with Gasteiger partial charge in [0, 0.05) is 12.5 Å². The van der Waals surface area contributed by atoms with E-state index in [2.05, 4.69) is 41.7 Å². The van der Waals surface area contributed by atoms with Crippen LogP contribution in [0.1, 0.15) is 36.0 Å².